The van der Waals surface area contributed by atoms with Crippen LogP contribution in [0.25, 0.3) is 55.8 Å². The van der Waals surface area contributed by atoms with Gasteiger partial charge in [-0.05, 0) is 71.9 Å². The fourth-order valence-corrected chi connectivity index (χ4v) is 4.86. The van der Waals surface area contributed by atoms with Gasteiger partial charge < -0.3 is 9.88 Å². The van der Waals surface area contributed by atoms with Crippen molar-refractivity contribution in [3.63, 3.8) is 0 Å². The van der Waals surface area contributed by atoms with Crippen molar-refractivity contribution >= 4 is 33.4 Å². The van der Waals surface area contributed by atoms with Crippen LogP contribution >= 0.6 is 11.3 Å². The average molecular weight is 470 g/mol. The summed E-state index contributed by atoms with van der Waals surface area (Å²) in [5, 5.41) is 12.0. The first kappa shape index (κ1) is 20.6. The van der Waals surface area contributed by atoms with E-state index in [9.17, 15) is 0 Å². The van der Waals surface area contributed by atoms with Crippen molar-refractivity contribution in [2.45, 2.75) is 6.54 Å². The molecule has 6 rings (SSSR count). The van der Waals surface area contributed by atoms with E-state index in [2.05, 4.69) is 46.5 Å². The predicted molar refractivity (Wildman–Crippen MR) is 133 cm³/mol. The summed E-state index contributed by atoms with van der Waals surface area (Å²) in [4.78, 5) is 18.9. The molecule has 2 N–H and O–H groups in total. The van der Waals surface area contributed by atoms with Gasteiger partial charge in [0.1, 0.15) is 11.2 Å². The lowest BCUT2D eigenvalue weighted by Crippen LogP contribution is -2.10. The number of aromatic nitrogens is 6. The number of H-pyrrole nitrogens is 2. The SMILES string of the molecule is CN(C)Cc1cncc(-c2cc(F)c3n[nH]c(-c4nc5nccc(-c6ccsc6)c5[nH]4)c3c2)c1. The van der Waals surface area contributed by atoms with Gasteiger partial charge in [-0.1, -0.05) is 0 Å². The van der Waals surface area contributed by atoms with E-state index in [0.29, 0.717) is 22.6 Å². The molecule has 0 saturated heterocycles. The Labute approximate surface area is 198 Å². The van der Waals surface area contributed by atoms with Gasteiger partial charge in [-0.25, -0.2) is 14.4 Å². The van der Waals surface area contributed by atoms with E-state index in [1.165, 1.54) is 6.07 Å². The summed E-state index contributed by atoms with van der Waals surface area (Å²) in [5.74, 6) is 0.157. The lowest BCUT2D eigenvalue weighted by atomic mass is 10.0. The molecule has 168 valence electrons. The van der Waals surface area contributed by atoms with Crippen molar-refractivity contribution in [2.75, 3.05) is 14.1 Å². The topological polar surface area (TPSA) is 86.4 Å². The minimum atomic E-state index is -0.402. The van der Waals surface area contributed by atoms with Crippen molar-refractivity contribution in [1.29, 1.82) is 0 Å². The highest BCUT2D eigenvalue weighted by Crippen LogP contribution is 2.34. The van der Waals surface area contributed by atoms with E-state index in [1.807, 2.05) is 43.9 Å². The van der Waals surface area contributed by atoms with E-state index in [-0.39, 0.29) is 5.52 Å². The molecule has 0 aliphatic heterocycles. The van der Waals surface area contributed by atoms with Crippen molar-refractivity contribution in [1.82, 2.24) is 35.0 Å². The Morgan fingerprint density at radius 3 is 2.79 bits per heavy atom. The molecule has 0 saturated carbocycles. The Kier molecular flexibility index (Phi) is 4.93. The summed E-state index contributed by atoms with van der Waals surface area (Å²) < 4.78 is 15.1. The second-order valence-corrected chi connectivity index (χ2v) is 9.21. The van der Waals surface area contributed by atoms with Crippen LogP contribution in [0.2, 0.25) is 0 Å². The van der Waals surface area contributed by atoms with Gasteiger partial charge in [-0.15, -0.1) is 0 Å². The van der Waals surface area contributed by atoms with E-state index in [1.54, 1.807) is 23.7 Å². The molecule has 0 fully saturated rings. The highest BCUT2D eigenvalue weighted by atomic mass is 32.1. The smallest absolute Gasteiger partial charge is 0.178 e. The Bertz CT molecular complexity index is 1630. The average Bonchev–Trinajstić information content (AvgIpc) is 3.57. The molecule has 5 aromatic heterocycles. The third-order valence-electron chi connectivity index (χ3n) is 5.70. The number of rotatable bonds is 5. The number of nitrogens with one attached hydrogen (secondary N) is 2. The molecule has 0 unspecified atom stereocenters. The third kappa shape index (κ3) is 3.55. The summed E-state index contributed by atoms with van der Waals surface area (Å²) in [7, 11) is 4.00. The molecule has 0 atom stereocenters. The fourth-order valence-electron chi connectivity index (χ4n) is 4.21. The largest absolute Gasteiger partial charge is 0.335 e. The van der Waals surface area contributed by atoms with Gasteiger partial charge in [0, 0.05) is 41.6 Å². The van der Waals surface area contributed by atoms with Crippen molar-refractivity contribution in [2.24, 2.45) is 0 Å². The second kappa shape index (κ2) is 8.12. The summed E-state index contributed by atoms with van der Waals surface area (Å²) in [6.07, 6.45) is 5.32. The van der Waals surface area contributed by atoms with Gasteiger partial charge in [-0.2, -0.15) is 16.4 Å². The number of imidazole rings is 1. The minimum Gasteiger partial charge on any atom is -0.335 e. The number of benzene rings is 1. The quantitative estimate of drug-likeness (QED) is 0.349. The van der Waals surface area contributed by atoms with Gasteiger partial charge in [0.05, 0.1) is 5.52 Å². The van der Waals surface area contributed by atoms with Gasteiger partial charge >= 0.3 is 0 Å². The zero-order valence-electron chi connectivity index (χ0n) is 18.5. The standard InChI is InChI=1S/C25H20FN7S/c1-33(2)12-14-7-17(11-27-10-14)16-8-19-21(20(26)9-16)31-32-23(19)25-29-22-18(15-4-6-34-13-15)3-5-28-24(22)30-25/h3-11,13H,12H2,1-2H3,(H,31,32)(H,28,29,30). The van der Waals surface area contributed by atoms with Crippen molar-refractivity contribution in [3.8, 4) is 33.8 Å². The van der Waals surface area contributed by atoms with E-state index >= 15 is 4.39 Å². The maximum atomic E-state index is 15.1. The number of pyridine rings is 2. The number of halogens is 1. The van der Waals surface area contributed by atoms with Gasteiger partial charge in [0.15, 0.2) is 17.3 Å². The first-order valence-corrected chi connectivity index (χ1v) is 11.7. The van der Waals surface area contributed by atoms with Gasteiger partial charge in [-0.3, -0.25) is 10.1 Å². The highest BCUT2D eigenvalue weighted by molar-refractivity contribution is 7.08. The van der Waals surface area contributed by atoms with Gasteiger partial charge in [0.25, 0.3) is 0 Å². The number of hydrogen-bond acceptors (Lipinski definition) is 6. The molecule has 5 heterocycles. The molecule has 0 bridgehead atoms. The molecule has 0 aliphatic rings. The van der Waals surface area contributed by atoms with Crippen LogP contribution < -0.4 is 0 Å². The molecule has 0 aliphatic carbocycles. The second-order valence-electron chi connectivity index (χ2n) is 8.43. The molecule has 1 aromatic carbocycles. The van der Waals surface area contributed by atoms with E-state index in [4.69, 9.17) is 0 Å². The van der Waals surface area contributed by atoms with Crippen LogP contribution in [0.15, 0.2) is 59.7 Å². The first-order chi connectivity index (χ1) is 16.6. The van der Waals surface area contributed by atoms with E-state index in [0.717, 1.165) is 39.9 Å². The van der Waals surface area contributed by atoms with Crippen LogP contribution in [0.5, 0.6) is 0 Å². The van der Waals surface area contributed by atoms with Crippen LogP contribution in [-0.4, -0.2) is 49.1 Å². The molecular formula is C25H20FN7S. The molecule has 0 spiro atoms. The summed E-state index contributed by atoms with van der Waals surface area (Å²) in [5.41, 5.74) is 7.05. The van der Waals surface area contributed by atoms with Crippen LogP contribution in [0, 0.1) is 5.82 Å². The fraction of sp³-hybridized carbons (Fsp3) is 0.120. The molecule has 6 aromatic rings. The van der Waals surface area contributed by atoms with Crippen LogP contribution in [-0.2, 0) is 6.54 Å². The monoisotopic (exact) mass is 469 g/mol. The van der Waals surface area contributed by atoms with Crippen LogP contribution in [0.1, 0.15) is 5.56 Å². The summed E-state index contributed by atoms with van der Waals surface area (Å²) >= 11 is 1.63. The van der Waals surface area contributed by atoms with Gasteiger partial charge in [0.2, 0.25) is 0 Å². The number of aromatic amines is 2. The van der Waals surface area contributed by atoms with Crippen LogP contribution in [0.3, 0.4) is 0 Å². The minimum absolute atomic E-state index is 0.266. The highest BCUT2D eigenvalue weighted by Gasteiger charge is 2.18. The number of nitrogens with zero attached hydrogens (tertiary/aromatic N) is 5. The van der Waals surface area contributed by atoms with Crippen LogP contribution in [0.4, 0.5) is 4.39 Å². The normalized spacial score (nSPS) is 11.8. The Balaban J connectivity index is 1.49. The van der Waals surface area contributed by atoms with Crippen molar-refractivity contribution < 1.29 is 4.39 Å². The number of fused-ring (bicyclic) bond motifs is 2. The zero-order valence-corrected chi connectivity index (χ0v) is 19.3. The molecule has 7 nitrogen and oxygen atoms in total. The van der Waals surface area contributed by atoms with Crippen molar-refractivity contribution in [3.05, 3.63) is 71.1 Å². The Morgan fingerprint density at radius 1 is 1.06 bits per heavy atom. The molecule has 0 amide bonds. The summed E-state index contributed by atoms with van der Waals surface area (Å²) in [6, 6.07) is 9.48. The summed E-state index contributed by atoms with van der Waals surface area (Å²) in [6.45, 7) is 0.751. The third-order valence-corrected chi connectivity index (χ3v) is 6.38. The molecule has 0 radical (unpaired) electrons. The molecule has 9 heteroatoms. The zero-order chi connectivity index (χ0) is 23.2. The molecular weight excluding hydrogens is 449 g/mol. The number of thiophene rings is 1. The lowest BCUT2D eigenvalue weighted by Gasteiger charge is -2.10. The molecule has 34 heavy (non-hydrogen) atoms. The Morgan fingerprint density at radius 2 is 1.97 bits per heavy atom. The lowest BCUT2D eigenvalue weighted by molar-refractivity contribution is 0.402. The maximum Gasteiger partial charge on any atom is 0.178 e. The Hall–Kier alpha value is -3.95. The number of hydrogen-bond donors (Lipinski definition) is 2. The maximum absolute atomic E-state index is 15.1. The first-order valence-electron chi connectivity index (χ1n) is 10.7. The van der Waals surface area contributed by atoms with E-state index < -0.39 is 5.82 Å². The predicted octanol–water partition coefficient (Wildman–Crippen LogP) is 5.49.